The molecule has 202 valence electrons. The molecule has 9 N–H and O–H groups in total. The summed E-state index contributed by atoms with van der Waals surface area (Å²) < 4.78 is 0. The standard InChI is InChI=1S/C23H32N6O6S2/c1-37-7-6-16(23(34)35)27-22(33)18(11-36)29-21(32)17(9-19(25)30)28-20(31)14(24)8-12-10-26-15-5-3-2-4-13(12)15/h2-5,10,14,16-18,26,36H,6-9,11,24H2,1H3,(H2,25,30)(H,27,33)(H,28,31)(H,29,32)(H,34,35). The van der Waals surface area contributed by atoms with Gasteiger partial charge in [0.2, 0.25) is 23.6 Å². The number of H-pyrrole nitrogens is 1. The number of aromatic amines is 1. The number of hydrogen-bond acceptors (Lipinski definition) is 8. The third-order valence-electron chi connectivity index (χ3n) is 5.53. The number of carbonyl (C=O) groups is 5. The first-order chi connectivity index (χ1) is 17.6. The average Bonchev–Trinajstić information content (AvgIpc) is 3.26. The van der Waals surface area contributed by atoms with E-state index in [-0.39, 0.29) is 18.6 Å². The molecule has 4 unspecified atom stereocenters. The Morgan fingerprint density at radius 3 is 2.27 bits per heavy atom. The van der Waals surface area contributed by atoms with Crippen LogP contribution in [0.5, 0.6) is 0 Å². The summed E-state index contributed by atoms with van der Waals surface area (Å²) >= 11 is 5.49. The van der Waals surface area contributed by atoms with Crippen molar-refractivity contribution in [1.29, 1.82) is 0 Å². The Hall–Kier alpha value is -3.23. The number of aromatic nitrogens is 1. The molecule has 0 spiro atoms. The SMILES string of the molecule is CSCCC(NC(=O)C(CS)NC(=O)C(CC(N)=O)NC(=O)C(N)Cc1c[nH]c2ccccc12)C(=O)O. The molecule has 4 amide bonds. The molecule has 0 aliphatic heterocycles. The fourth-order valence-electron chi connectivity index (χ4n) is 3.55. The lowest BCUT2D eigenvalue weighted by Gasteiger charge is -2.24. The highest BCUT2D eigenvalue weighted by Crippen LogP contribution is 2.18. The van der Waals surface area contributed by atoms with E-state index in [1.807, 2.05) is 24.3 Å². The zero-order valence-electron chi connectivity index (χ0n) is 20.2. The van der Waals surface area contributed by atoms with Gasteiger partial charge in [-0.15, -0.1) is 0 Å². The Labute approximate surface area is 223 Å². The summed E-state index contributed by atoms with van der Waals surface area (Å²) in [6.45, 7) is 0. The number of amides is 4. The summed E-state index contributed by atoms with van der Waals surface area (Å²) in [5, 5.41) is 17.4. The number of carboxylic acid groups (broad SMARTS) is 1. The molecule has 2 rings (SSSR count). The second kappa shape index (κ2) is 14.5. The Bertz CT molecular complexity index is 1130. The van der Waals surface area contributed by atoms with Gasteiger partial charge in [-0.2, -0.15) is 24.4 Å². The minimum atomic E-state index is -1.40. The van der Waals surface area contributed by atoms with Gasteiger partial charge in [-0.3, -0.25) is 19.2 Å². The fourth-order valence-corrected chi connectivity index (χ4v) is 4.28. The average molecular weight is 553 g/mol. The summed E-state index contributed by atoms with van der Waals surface area (Å²) in [5.74, 6) is -4.06. The molecule has 37 heavy (non-hydrogen) atoms. The number of hydrogen-bond donors (Lipinski definition) is 8. The molecule has 0 bridgehead atoms. The number of nitrogens with two attached hydrogens (primary N) is 2. The van der Waals surface area contributed by atoms with Crippen LogP contribution in [-0.4, -0.2) is 81.6 Å². The maximum absolute atomic E-state index is 12.9. The number of thiol groups is 1. The Morgan fingerprint density at radius 2 is 1.65 bits per heavy atom. The number of carboxylic acids is 1. The summed E-state index contributed by atoms with van der Waals surface area (Å²) in [5.41, 5.74) is 13.0. The number of fused-ring (bicyclic) bond motifs is 1. The molecule has 14 heteroatoms. The van der Waals surface area contributed by atoms with Gasteiger partial charge < -0.3 is 37.5 Å². The number of rotatable bonds is 15. The van der Waals surface area contributed by atoms with Gasteiger partial charge in [-0.25, -0.2) is 4.79 Å². The van der Waals surface area contributed by atoms with E-state index in [2.05, 4.69) is 33.6 Å². The van der Waals surface area contributed by atoms with E-state index in [1.54, 1.807) is 12.5 Å². The second-order valence-electron chi connectivity index (χ2n) is 8.33. The Kier molecular flexibility index (Phi) is 11.8. The van der Waals surface area contributed by atoms with Crippen LogP contribution in [0.4, 0.5) is 0 Å². The molecular formula is C23H32N6O6S2. The van der Waals surface area contributed by atoms with Gasteiger partial charge in [0, 0.05) is 22.9 Å². The van der Waals surface area contributed by atoms with Gasteiger partial charge >= 0.3 is 5.97 Å². The van der Waals surface area contributed by atoms with E-state index >= 15 is 0 Å². The van der Waals surface area contributed by atoms with Crippen LogP contribution >= 0.6 is 24.4 Å². The van der Waals surface area contributed by atoms with Crippen molar-refractivity contribution in [2.45, 2.75) is 43.4 Å². The number of para-hydroxylation sites is 1. The Balaban J connectivity index is 2.05. The first kappa shape index (κ1) is 30.0. The predicted molar refractivity (Wildman–Crippen MR) is 144 cm³/mol. The van der Waals surface area contributed by atoms with Crippen molar-refractivity contribution >= 4 is 64.9 Å². The van der Waals surface area contributed by atoms with Crippen LogP contribution in [0, 0.1) is 0 Å². The molecule has 0 fully saturated rings. The predicted octanol–water partition coefficient (Wildman–Crippen LogP) is -0.865. The zero-order chi connectivity index (χ0) is 27.5. The van der Waals surface area contributed by atoms with Gasteiger partial charge in [-0.1, -0.05) is 18.2 Å². The largest absolute Gasteiger partial charge is 0.480 e. The van der Waals surface area contributed by atoms with Crippen LogP contribution in [0.15, 0.2) is 30.5 Å². The molecule has 1 aromatic carbocycles. The zero-order valence-corrected chi connectivity index (χ0v) is 21.9. The highest BCUT2D eigenvalue weighted by molar-refractivity contribution is 7.98. The molecule has 0 radical (unpaired) electrons. The molecule has 0 saturated heterocycles. The first-order valence-electron chi connectivity index (χ1n) is 11.4. The number of thioether (sulfide) groups is 1. The van der Waals surface area contributed by atoms with Crippen LogP contribution in [-0.2, 0) is 30.4 Å². The van der Waals surface area contributed by atoms with Crippen molar-refractivity contribution < 1.29 is 29.1 Å². The number of aliphatic carboxylic acids is 1. The molecule has 0 saturated carbocycles. The quantitative estimate of drug-likeness (QED) is 0.130. The van der Waals surface area contributed by atoms with Crippen molar-refractivity contribution in [3.63, 3.8) is 0 Å². The molecule has 2 aromatic rings. The van der Waals surface area contributed by atoms with Crippen LogP contribution in [0.1, 0.15) is 18.4 Å². The monoisotopic (exact) mass is 552 g/mol. The Morgan fingerprint density at radius 1 is 1.03 bits per heavy atom. The molecule has 0 aliphatic carbocycles. The van der Waals surface area contributed by atoms with Crippen LogP contribution in [0.25, 0.3) is 10.9 Å². The van der Waals surface area contributed by atoms with Crippen LogP contribution < -0.4 is 27.4 Å². The summed E-state index contributed by atoms with van der Waals surface area (Å²) in [6.07, 6.45) is 3.35. The van der Waals surface area contributed by atoms with Crippen molar-refractivity contribution in [3.8, 4) is 0 Å². The van der Waals surface area contributed by atoms with Gasteiger partial charge in [-0.05, 0) is 36.5 Å². The van der Waals surface area contributed by atoms with Crippen LogP contribution in [0.3, 0.4) is 0 Å². The third-order valence-corrected chi connectivity index (χ3v) is 6.54. The first-order valence-corrected chi connectivity index (χ1v) is 13.4. The van der Waals surface area contributed by atoms with Gasteiger partial charge in [0.25, 0.3) is 0 Å². The number of nitrogens with one attached hydrogen (secondary N) is 4. The molecular weight excluding hydrogens is 520 g/mol. The maximum atomic E-state index is 12.9. The number of carbonyl (C=O) groups excluding carboxylic acids is 4. The van der Waals surface area contributed by atoms with Crippen LogP contribution in [0.2, 0.25) is 0 Å². The van der Waals surface area contributed by atoms with Crippen molar-refractivity contribution in [2.75, 3.05) is 17.8 Å². The minimum Gasteiger partial charge on any atom is -0.480 e. The number of primary amides is 1. The van der Waals surface area contributed by atoms with Crippen molar-refractivity contribution in [3.05, 3.63) is 36.0 Å². The normalized spacial score (nSPS) is 14.2. The molecule has 4 atom stereocenters. The smallest absolute Gasteiger partial charge is 0.326 e. The lowest BCUT2D eigenvalue weighted by molar-refractivity contribution is -0.142. The molecule has 0 aliphatic rings. The highest BCUT2D eigenvalue weighted by atomic mass is 32.2. The third kappa shape index (κ3) is 8.98. The minimum absolute atomic E-state index is 0.162. The number of benzene rings is 1. The molecule has 12 nitrogen and oxygen atoms in total. The summed E-state index contributed by atoms with van der Waals surface area (Å²) in [7, 11) is 0. The summed E-state index contributed by atoms with van der Waals surface area (Å²) in [6, 6.07) is 2.67. The van der Waals surface area contributed by atoms with E-state index in [0.717, 1.165) is 16.5 Å². The molecule has 1 aromatic heterocycles. The highest BCUT2D eigenvalue weighted by Gasteiger charge is 2.30. The maximum Gasteiger partial charge on any atom is 0.326 e. The van der Waals surface area contributed by atoms with Crippen molar-refractivity contribution in [1.82, 2.24) is 20.9 Å². The van der Waals surface area contributed by atoms with Gasteiger partial charge in [0.1, 0.15) is 18.1 Å². The van der Waals surface area contributed by atoms with Gasteiger partial charge in [0.15, 0.2) is 0 Å². The topological polar surface area (TPSA) is 209 Å². The fraction of sp³-hybridized carbons (Fsp3) is 0.435. The van der Waals surface area contributed by atoms with E-state index in [9.17, 15) is 29.1 Å². The van der Waals surface area contributed by atoms with E-state index in [4.69, 9.17) is 11.5 Å². The van der Waals surface area contributed by atoms with Crippen molar-refractivity contribution in [2.24, 2.45) is 11.5 Å². The lowest BCUT2D eigenvalue weighted by atomic mass is 10.0. The van der Waals surface area contributed by atoms with E-state index in [1.165, 1.54) is 11.8 Å². The van der Waals surface area contributed by atoms with E-state index < -0.39 is 60.2 Å². The van der Waals surface area contributed by atoms with E-state index in [0.29, 0.717) is 5.75 Å². The van der Waals surface area contributed by atoms with Gasteiger partial charge in [0.05, 0.1) is 12.5 Å². The second-order valence-corrected chi connectivity index (χ2v) is 9.68. The summed E-state index contributed by atoms with van der Waals surface area (Å²) in [4.78, 5) is 64.3. The molecule has 1 heterocycles. The lowest BCUT2D eigenvalue weighted by Crippen LogP contribution is -2.58.